The highest BCUT2D eigenvalue weighted by atomic mass is 16.6. The molecule has 0 aliphatic carbocycles. The highest BCUT2D eigenvalue weighted by molar-refractivity contribution is 6.00. The fraction of sp³-hybridized carbons (Fsp3) is 0.467. The van der Waals surface area contributed by atoms with Crippen molar-refractivity contribution in [2.75, 3.05) is 12.4 Å². The van der Waals surface area contributed by atoms with E-state index >= 15 is 0 Å². The number of alkyl carbamates (subject to hydrolysis) is 1. The summed E-state index contributed by atoms with van der Waals surface area (Å²) in [4.78, 5) is 54.2. The smallest absolute Gasteiger partial charge is 0.408 e. The lowest BCUT2D eigenvalue weighted by Crippen LogP contribution is -2.55. The van der Waals surface area contributed by atoms with Crippen LogP contribution in [0.5, 0.6) is 5.75 Å². The van der Waals surface area contributed by atoms with Gasteiger partial charge in [0.2, 0.25) is 11.8 Å². The number of nitrogens with zero attached hydrogens (tertiary/aromatic N) is 1. The molecule has 0 aromatic heterocycles. The first-order chi connectivity index (χ1) is 18.7. The summed E-state index contributed by atoms with van der Waals surface area (Å²) in [6, 6.07) is 9.50. The Morgan fingerprint density at radius 3 is 2.17 bits per heavy atom. The average Bonchev–Trinajstić information content (AvgIpc) is 2.87. The van der Waals surface area contributed by atoms with Crippen LogP contribution >= 0.6 is 0 Å². The number of benzene rings is 2. The van der Waals surface area contributed by atoms with Crippen LogP contribution in [-0.4, -0.2) is 53.5 Å². The van der Waals surface area contributed by atoms with Gasteiger partial charge in [-0.1, -0.05) is 25.1 Å². The highest BCUT2D eigenvalue weighted by Crippen LogP contribution is 2.31. The minimum atomic E-state index is -1.34. The zero-order valence-corrected chi connectivity index (χ0v) is 24.7. The average molecular weight is 555 g/mol. The molecule has 10 nitrogen and oxygen atoms in total. The number of rotatable bonds is 11. The van der Waals surface area contributed by atoms with E-state index in [1.54, 1.807) is 58.2 Å². The lowest BCUT2D eigenvalue weighted by Gasteiger charge is -2.38. The summed E-state index contributed by atoms with van der Waals surface area (Å²) in [5.41, 5.74) is 7.55. The maximum atomic E-state index is 14.2. The molecule has 2 aromatic rings. The van der Waals surface area contributed by atoms with Crippen LogP contribution in [-0.2, 0) is 19.1 Å². The molecule has 3 unspecified atom stereocenters. The number of nitrogens with one attached hydrogen (secondary N) is 2. The number of carbonyl (C=O) groups excluding carboxylic acids is 4. The molecule has 0 aliphatic rings. The lowest BCUT2D eigenvalue weighted by atomic mass is 9.93. The van der Waals surface area contributed by atoms with Crippen LogP contribution in [0.2, 0.25) is 0 Å². The Hall–Kier alpha value is -4.08. The van der Waals surface area contributed by atoms with Gasteiger partial charge in [-0.2, -0.15) is 0 Å². The number of methoxy groups -OCH3 is 1. The molecule has 0 spiro atoms. The molecule has 4 amide bonds. The molecule has 2 aromatic carbocycles. The first-order valence-corrected chi connectivity index (χ1v) is 13.3. The van der Waals surface area contributed by atoms with Crippen molar-refractivity contribution in [3.63, 3.8) is 0 Å². The maximum Gasteiger partial charge on any atom is 0.408 e. The summed E-state index contributed by atoms with van der Waals surface area (Å²) in [5.74, 6) is -1.25. The second-order valence-electron chi connectivity index (χ2n) is 10.8. The van der Waals surface area contributed by atoms with Gasteiger partial charge in [0.15, 0.2) is 0 Å². The summed E-state index contributed by atoms with van der Waals surface area (Å²) in [6.45, 7) is 12.6. The number of anilines is 1. The normalized spacial score (nSPS) is 13.4. The van der Waals surface area contributed by atoms with Gasteiger partial charge in [0.1, 0.15) is 23.4 Å². The molecular weight excluding hydrogens is 512 g/mol. The van der Waals surface area contributed by atoms with Crippen LogP contribution in [0, 0.1) is 13.8 Å². The number of ether oxygens (including phenoxy) is 2. The number of hydrogen-bond donors (Lipinski definition) is 3. The Morgan fingerprint density at radius 1 is 1.02 bits per heavy atom. The Balaban J connectivity index is 2.62. The topological polar surface area (TPSA) is 140 Å². The van der Waals surface area contributed by atoms with Crippen molar-refractivity contribution in [1.82, 2.24) is 10.2 Å². The fourth-order valence-corrected chi connectivity index (χ4v) is 4.20. The van der Waals surface area contributed by atoms with Gasteiger partial charge in [-0.25, -0.2) is 4.79 Å². The minimum absolute atomic E-state index is 0.449. The second kappa shape index (κ2) is 13.8. The third-order valence-electron chi connectivity index (χ3n) is 6.54. The Morgan fingerprint density at radius 2 is 1.65 bits per heavy atom. The summed E-state index contributed by atoms with van der Waals surface area (Å²) >= 11 is 0. The first kappa shape index (κ1) is 32.1. The SMILES string of the molecule is CCC(C)N(C(=O)C(CC(N)=O)NC(=O)OC(C)(C)C)C(C(=O)Nc1ccc(OC)cc1)c1cccc(C)c1C. The number of amides is 4. The van der Waals surface area contributed by atoms with Gasteiger partial charge < -0.3 is 30.7 Å². The van der Waals surface area contributed by atoms with Crippen molar-refractivity contribution in [3.05, 3.63) is 59.2 Å². The van der Waals surface area contributed by atoms with Crippen LogP contribution < -0.4 is 21.1 Å². The molecule has 0 saturated heterocycles. The summed E-state index contributed by atoms with van der Waals surface area (Å²) in [7, 11) is 1.55. The predicted octanol–water partition coefficient (Wildman–Crippen LogP) is 4.39. The van der Waals surface area contributed by atoms with Crippen LogP contribution in [0.1, 0.15) is 70.2 Å². The third-order valence-corrected chi connectivity index (χ3v) is 6.54. The quantitative estimate of drug-likeness (QED) is 0.376. The Bertz CT molecular complexity index is 1210. The molecule has 218 valence electrons. The van der Waals surface area contributed by atoms with E-state index in [0.29, 0.717) is 23.4 Å². The Kier molecular flexibility index (Phi) is 11.1. The molecule has 0 bridgehead atoms. The molecule has 0 saturated carbocycles. The summed E-state index contributed by atoms with van der Waals surface area (Å²) < 4.78 is 10.5. The van der Waals surface area contributed by atoms with E-state index in [0.717, 1.165) is 11.1 Å². The molecule has 0 aliphatic heterocycles. The molecule has 2 rings (SSSR count). The lowest BCUT2D eigenvalue weighted by molar-refractivity contribution is -0.144. The molecule has 10 heteroatoms. The van der Waals surface area contributed by atoms with Gasteiger partial charge in [0, 0.05) is 11.7 Å². The monoisotopic (exact) mass is 554 g/mol. The van der Waals surface area contributed by atoms with E-state index in [-0.39, 0.29) is 0 Å². The van der Waals surface area contributed by atoms with Crippen molar-refractivity contribution in [3.8, 4) is 5.75 Å². The predicted molar refractivity (Wildman–Crippen MR) is 154 cm³/mol. The second-order valence-corrected chi connectivity index (χ2v) is 10.8. The van der Waals surface area contributed by atoms with Crippen molar-refractivity contribution >= 4 is 29.5 Å². The van der Waals surface area contributed by atoms with Crippen LogP contribution in [0.25, 0.3) is 0 Å². The zero-order chi connectivity index (χ0) is 30.2. The zero-order valence-electron chi connectivity index (χ0n) is 24.7. The molecule has 4 N–H and O–H groups in total. The van der Waals surface area contributed by atoms with Crippen molar-refractivity contribution < 1.29 is 28.7 Å². The molecule has 0 heterocycles. The van der Waals surface area contributed by atoms with Gasteiger partial charge in [0.25, 0.3) is 5.91 Å². The largest absolute Gasteiger partial charge is 0.497 e. The van der Waals surface area contributed by atoms with E-state index in [2.05, 4.69) is 10.6 Å². The number of nitrogens with two attached hydrogens (primary N) is 1. The van der Waals surface area contributed by atoms with E-state index in [9.17, 15) is 19.2 Å². The molecule has 40 heavy (non-hydrogen) atoms. The van der Waals surface area contributed by atoms with Gasteiger partial charge >= 0.3 is 6.09 Å². The molecule has 3 atom stereocenters. The minimum Gasteiger partial charge on any atom is -0.497 e. The number of carbonyl (C=O) groups is 4. The van der Waals surface area contributed by atoms with E-state index < -0.39 is 54.0 Å². The number of aryl methyl sites for hydroxylation is 1. The standard InChI is InChI=1S/C30H42N4O6/c1-9-19(3)34(28(37)24(17-25(31)35)33-29(38)40-30(5,6)7)26(23-12-10-11-18(2)20(23)4)27(36)32-21-13-15-22(39-8)16-14-21/h10-16,19,24,26H,9,17H2,1-8H3,(H2,31,35)(H,32,36)(H,33,38). The van der Waals surface area contributed by atoms with E-state index in [4.69, 9.17) is 15.2 Å². The first-order valence-electron chi connectivity index (χ1n) is 13.3. The van der Waals surface area contributed by atoms with Gasteiger partial charge in [0.05, 0.1) is 13.5 Å². The Labute approximate surface area is 236 Å². The van der Waals surface area contributed by atoms with Gasteiger partial charge in [-0.15, -0.1) is 0 Å². The summed E-state index contributed by atoms with van der Waals surface area (Å²) in [5, 5.41) is 5.41. The number of primary amides is 1. The van der Waals surface area contributed by atoms with Gasteiger partial charge in [-0.3, -0.25) is 14.4 Å². The third kappa shape index (κ3) is 8.72. The number of hydrogen-bond acceptors (Lipinski definition) is 6. The van der Waals surface area contributed by atoms with E-state index in [1.807, 2.05) is 39.8 Å². The fourth-order valence-electron chi connectivity index (χ4n) is 4.20. The van der Waals surface area contributed by atoms with E-state index in [1.165, 1.54) is 4.90 Å². The molecule has 0 fully saturated rings. The van der Waals surface area contributed by atoms with Crippen molar-refractivity contribution in [2.45, 2.75) is 85.0 Å². The molecule has 0 radical (unpaired) electrons. The van der Waals surface area contributed by atoms with Crippen molar-refractivity contribution in [1.29, 1.82) is 0 Å². The van der Waals surface area contributed by atoms with Gasteiger partial charge in [-0.05, 0) is 88.9 Å². The van der Waals surface area contributed by atoms with Crippen LogP contribution in [0.15, 0.2) is 42.5 Å². The highest BCUT2D eigenvalue weighted by Gasteiger charge is 2.39. The summed E-state index contributed by atoms with van der Waals surface area (Å²) in [6.07, 6.45) is -0.842. The maximum absolute atomic E-state index is 14.2. The van der Waals surface area contributed by atoms with Crippen LogP contribution in [0.4, 0.5) is 10.5 Å². The van der Waals surface area contributed by atoms with Crippen molar-refractivity contribution in [2.24, 2.45) is 5.73 Å². The van der Waals surface area contributed by atoms with Crippen LogP contribution in [0.3, 0.4) is 0 Å². The molecular formula is C30H42N4O6.